The van der Waals surface area contributed by atoms with Crippen molar-refractivity contribution in [3.8, 4) is 0 Å². The highest BCUT2D eigenvalue weighted by Crippen LogP contribution is 2.30. The zero-order valence-corrected chi connectivity index (χ0v) is 13.8. The van der Waals surface area contributed by atoms with Crippen LogP contribution < -0.4 is 12.4 Å². The van der Waals surface area contributed by atoms with Crippen molar-refractivity contribution < 1.29 is 31.5 Å². The summed E-state index contributed by atoms with van der Waals surface area (Å²) in [7, 11) is 0. The third kappa shape index (κ3) is 3.29. The number of esters is 1. The SMILES string of the molecule is CC(O)(C(=O)OC1CC[N+]2(CCCC2)C1)c1ccccc1.[Cl-]. The van der Waals surface area contributed by atoms with Gasteiger partial charge in [0, 0.05) is 19.3 Å². The molecular formula is C17H24ClNO3. The second kappa shape index (κ2) is 6.57. The molecule has 1 aromatic carbocycles. The Labute approximate surface area is 138 Å². The van der Waals surface area contributed by atoms with Crippen molar-refractivity contribution >= 4 is 5.97 Å². The topological polar surface area (TPSA) is 46.5 Å². The van der Waals surface area contributed by atoms with Crippen molar-refractivity contribution in [2.24, 2.45) is 0 Å². The molecule has 0 aromatic heterocycles. The fraction of sp³-hybridized carbons (Fsp3) is 0.588. The summed E-state index contributed by atoms with van der Waals surface area (Å²) in [5.74, 6) is -0.530. The molecule has 5 heteroatoms. The van der Waals surface area contributed by atoms with Crippen LogP contribution in [0.4, 0.5) is 0 Å². The molecule has 22 heavy (non-hydrogen) atoms. The van der Waals surface area contributed by atoms with Gasteiger partial charge in [-0.3, -0.25) is 0 Å². The van der Waals surface area contributed by atoms with E-state index in [0.717, 1.165) is 24.0 Å². The van der Waals surface area contributed by atoms with E-state index < -0.39 is 11.6 Å². The Morgan fingerprint density at radius 1 is 1.23 bits per heavy atom. The lowest BCUT2D eigenvalue weighted by molar-refractivity contribution is -0.906. The lowest BCUT2D eigenvalue weighted by Gasteiger charge is -2.29. The summed E-state index contributed by atoms with van der Waals surface area (Å²) in [5, 5.41) is 10.5. The lowest BCUT2D eigenvalue weighted by Crippen LogP contribution is -3.00. The van der Waals surface area contributed by atoms with Crippen LogP contribution in [0.3, 0.4) is 0 Å². The Bertz CT molecular complexity index is 512. The maximum atomic E-state index is 12.3. The second-order valence-electron chi connectivity index (χ2n) is 6.66. The van der Waals surface area contributed by atoms with E-state index in [1.807, 2.05) is 18.2 Å². The van der Waals surface area contributed by atoms with Crippen molar-refractivity contribution in [3.05, 3.63) is 35.9 Å². The van der Waals surface area contributed by atoms with Gasteiger partial charge in [0.15, 0.2) is 11.7 Å². The van der Waals surface area contributed by atoms with Crippen LogP contribution in [-0.4, -0.2) is 47.8 Å². The van der Waals surface area contributed by atoms with Gasteiger partial charge in [0.25, 0.3) is 0 Å². The summed E-state index contributed by atoms with van der Waals surface area (Å²) in [6, 6.07) is 9.01. The molecule has 2 saturated heterocycles. The number of hydrogen-bond donors (Lipinski definition) is 1. The van der Waals surface area contributed by atoms with Gasteiger partial charge in [-0.15, -0.1) is 0 Å². The first-order valence-electron chi connectivity index (χ1n) is 7.86. The number of carbonyl (C=O) groups is 1. The zero-order chi connectivity index (χ0) is 14.9. The molecule has 2 atom stereocenters. The monoisotopic (exact) mass is 325 g/mol. The normalized spacial score (nSPS) is 25.5. The number of quaternary nitrogens is 1. The van der Waals surface area contributed by atoms with Crippen molar-refractivity contribution in [2.45, 2.75) is 37.9 Å². The maximum Gasteiger partial charge on any atom is 0.343 e. The second-order valence-corrected chi connectivity index (χ2v) is 6.66. The number of nitrogens with zero attached hydrogens (tertiary/aromatic N) is 1. The Morgan fingerprint density at radius 2 is 1.86 bits per heavy atom. The van der Waals surface area contributed by atoms with Crippen molar-refractivity contribution in [1.82, 2.24) is 0 Å². The van der Waals surface area contributed by atoms with Crippen LogP contribution >= 0.6 is 0 Å². The van der Waals surface area contributed by atoms with Gasteiger partial charge < -0.3 is 26.7 Å². The summed E-state index contributed by atoms with van der Waals surface area (Å²) in [6.07, 6.45) is 3.42. The van der Waals surface area contributed by atoms with Crippen LogP contribution in [0.15, 0.2) is 30.3 Å². The molecule has 1 aromatic rings. The van der Waals surface area contributed by atoms with Gasteiger partial charge in [-0.05, 0) is 12.5 Å². The van der Waals surface area contributed by atoms with Crippen molar-refractivity contribution in [2.75, 3.05) is 26.2 Å². The number of carbonyl (C=O) groups excluding carboxylic acids is 1. The molecule has 0 bridgehead atoms. The minimum absolute atomic E-state index is 0. The number of ether oxygens (including phenoxy) is 1. The van der Waals surface area contributed by atoms with Crippen LogP contribution in [0.25, 0.3) is 0 Å². The summed E-state index contributed by atoms with van der Waals surface area (Å²) in [6.45, 7) is 5.95. The van der Waals surface area contributed by atoms with E-state index >= 15 is 0 Å². The fourth-order valence-electron chi connectivity index (χ4n) is 3.69. The molecule has 2 heterocycles. The lowest BCUT2D eigenvalue weighted by atomic mass is 9.96. The molecule has 2 fully saturated rings. The highest BCUT2D eigenvalue weighted by molar-refractivity contribution is 5.80. The first-order chi connectivity index (χ1) is 10.0. The number of halogens is 1. The highest BCUT2D eigenvalue weighted by atomic mass is 35.5. The number of hydrogen-bond acceptors (Lipinski definition) is 3. The predicted octanol–water partition coefficient (Wildman–Crippen LogP) is -1.18. The van der Waals surface area contributed by atoms with Gasteiger partial charge in [0.2, 0.25) is 0 Å². The van der Waals surface area contributed by atoms with Crippen LogP contribution in [0.5, 0.6) is 0 Å². The van der Waals surface area contributed by atoms with E-state index in [4.69, 9.17) is 4.74 Å². The zero-order valence-electron chi connectivity index (χ0n) is 13.0. The molecule has 0 aliphatic carbocycles. The Kier molecular flexibility index (Phi) is 5.15. The van der Waals surface area contributed by atoms with Crippen LogP contribution in [-0.2, 0) is 15.1 Å². The molecular weight excluding hydrogens is 302 g/mol. The van der Waals surface area contributed by atoms with Crippen molar-refractivity contribution in [1.29, 1.82) is 0 Å². The van der Waals surface area contributed by atoms with E-state index in [9.17, 15) is 9.90 Å². The number of benzene rings is 1. The average molecular weight is 326 g/mol. The van der Waals surface area contributed by atoms with Crippen molar-refractivity contribution in [3.63, 3.8) is 0 Å². The quantitative estimate of drug-likeness (QED) is 0.562. The minimum Gasteiger partial charge on any atom is -1.00 e. The molecule has 4 nitrogen and oxygen atoms in total. The first-order valence-corrected chi connectivity index (χ1v) is 7.86. The van der Waals surface area contributed by atoms with Gasteiger partial charge in [0.05, 0.1) is 19.6 Å². The molecule has 1 spiro atoms. The summed E-state index contributed by atoms with van der Waals surface area (Å²) < 4.78 is 6.72. The third-order valence-corrected chi connectivity index (χ3v) is 5.04. The highest BCUT2D eigenvalue weighted by Gasteiger charge is 2.44. The number of aliphatic hydroxyl groups is 1. The molecule has 0 radical (unpaired) electrons. The third-order valence-electron chi connectivity index (χ3n) is 5.04. The molecule has 122 valence electrons. The molecule has 3 rings (SSSR count). The van der Waals surface area contributed by atoms with E-state index in [-0.39, 0.29) is 18.5 Å². The standard InChI is InChI=1S/C17H24NO3.ClH/c1-17(20,14-7-3-2-4-8-14)16(19)21-15-9-12-18(13-15)10-5-6-11-18;/h2-4,7-8,15,20H,5-6,9-13H2,1H3;1H/q+1;/p-1. The predicted molar refractivity (Wildman–Crippen MR) is 79.5 cm³/mol. The summed E-state index contributed by atoms with van der Waals surface area (Å²) in [5.41, 5.74) is -0.988. The molecule has 2 aliphatic heterocycles. The number of rotatable bonds is 3. The fourth-order valence-corrected chi connectivity index (χ4v) is 3.69. The average Bonchev–Trinajstić information content (AvgIpc) is 3.10. The van der Waals surface area contributed by atoms with Gasteiger partial charge in [-0.1, -0.05) is 30.3 Å². The van der Waals surface area contributed by atoms with Crippen LogP contribution in [0, 0.1) is 0 Å². The Morgan fingerprint density at radius 3 is 2.50 bits per heavy atom. The molecule has 1 N–H and O–H groups in total. The largest absolute Gasteiger partial charge is 1.00 e. The van der Waals surface area contributed by atoms with E-state index in [1.54, 1.807) is 12.1 Å². The van der Waals surface area contributed by atoms with E-state index in [1.165, 1.54) is 32.9 Å². The molecule has 2 unspecified atom stereocenters. The van der Waals surface area contributed by atoms with E-state index in [0.29, 0.717) is 5.56 Å². The molecule has 0 saturated carbocycles. The van der Waals surface area contributed by atoms with Gasteiger partial charge in [0.1, 0.15) is 6.54 Å². The van der Waals surface area contributed by atoms with Gasteiger partial charge in [-0.2, -0.15) is 0 Å². The minimum atomic E-state index is -1.57. The van der Waals surface area contributed by atoms with Gasteiger partial charge in [-0.25, -0.2) is 4.79 Å². The van der Waals surface area contributed by atoms with Crippen LogP contribution in [0.2, 0.25) is 0 Å². The maximum absolute atomic E-state index is 12.3. The molecule has 2 aliphatic rings. The first kappa shape index (κ1) is 17.3. The van der Waals surface area contributed by atoms with E-state index in [2.05, 4.69) is 0 Å². The van der Waals surface area contributed by atoms with Gasteiger partial charge >= 0.3 is 5.97 Å². The Hall–Kier alpha value is -1.10. The van der Waals surface area contributed by atoms with Crippen LogP contribution in [0.1, 0.15) is 31.7 Å². The smallest absolute Gasteiger partial charge is 0.343 e. The molecule has 0 amide bonds. The Balaban J connectivity index is 0.00000176. The summed E-state index contributed by atoms with van der Waals surface area (Å²) in [4.78, 5) is 12.3. The summed E-state index contributed by atoms with van der Waals surface area (Å²) >= 11 is 0.